The number of carbonyl (C=O) groups is 1. The number of halogens is 1. The first kappa shape index (κ1) is 19.7. The number of nitrogens with one attached hydrogen (secondary N) is 3. The predicted molar refractivity (Wildman–Crippen MR) is 102 cm³/mol. The van der Waals surface area contributed by atoms with Crippen LogP contribution >= 0.6 is 0 Å². The van der Waals surface area contributed by atoms with Crippen LogP contribution in [-0.2, 0) is 13.0 Å². The Hall–Kier alpha value is -3.07. The van der Waals surface area contributed by atoms with Gasteiger partial charge in [-0.15, -0.1) is 0 Å². The Balaban J connectivity index is 1.36. The van der Waals surface area contributed by atoms with Gasteiger partial charge in [-0.2, -0.15) is 0 Å². The summed E-state index contributed by atoms with van der Waals surface area (Å²) in [5.74, 6) is 0.558. The summed E-state index contributed by atoms with van der Waals surface area (Å²) < 4.78 is 18.8. The summed E-state index contributed by atoms with van der Waals surface area (Å²) in [6.45, 7) is 4.15. The van der Waals surface area contributed by atoms with E-state index in [0.717, 1.165) is 31.0 Å². The van der Waals surface area contributed by atoms with Crippen molar-refractivity contribution in [3.63, 3.8) is 0 Å². The normalized spacial score (nSPS) is 14.8. The Morgan fingerprint density at radius 1 is 1.39 bits per heavy atom. The van der Waals surface area contributed by atoms with Gasteiger partial charge in [-0.1, -0.05) is 6.08 Å². The van der Waals surface area contributed by atoms with Gasteiger partial charge in [0.2, 0.25) is 0 Å². The Bertz CT molecular complexity index is 877. The number of hydrogen-bond acceptors (Lipinski definition) is 7. The van der Waals surface area contributed by atoms with Crippen LogP contribution in [0.25, 0.3) is 0 Å². The maximum atomic E-state index is 13.5. The number of oxazole rings is 1. The average molecular weight is 386 g/mol. The minimum absolute atomic E-state index is 0.0118. The second kappa shape index (κ2) is 9.75. The third-order valence-electron chi connectivity index (χ3n) is 4.18. The van der Waals surface area contributed by atoms with E-state index in [0.29, 0.717) is 18.9 Å². The first-order valence-electron chi connectivity index (χ1n) is 9.14. The summed E-state index contributed by atoms with van der Waals surface area (Å²) >= 11 is 0. The lowest BCUT2D eigenvalue weighted by Crippen LogP contribution is -2.25. The van der Waals surface area contributed by atoms with Gasteiger partial charge < -0.3 is 20.4 Å². The third-order valence-corrected chi connectivity index (χ3v) is 4.18. The number of carbonyl (C=O) groups excluding carboxylic acids is 1. The van der Waals surface area contributed by atoms with Gasteiger partial charge in [0.25, 0.3) is 5.91 Å². The summed E-state index contributed by atoms with van der Waals surface area (Å²) in [7, 11) is 0. The fourth-order valence-electron chi connectivity index (χ4n) is 2.61. The highest BCUT2D eigenvalue weighted by molar-refractivity contribution is 5.91. The van der Waals surface area contributed by atoms with Crippen LogP contribution in [0.3, 0.4) is 0 Å². The number of amides is 1. The molecule has 8 nitrogen and oxygen atoms in total. The lowest BCUT2D eigenvalue weighted by molar-refractivity contribution is 0.0945. The number of aliphatic imine (C=N–C) groups is 1. The van der Waals surface area contributed by atoms with Crippen molar-refractivity contribution in [2.24, 2.45) is 4.99 Å². The van der Waals surface area contributed by atoms with E-state index in [9.17, 15) is 9.18 Å². The molecule has 0 saturated carbocycles. The summed E-state index contributed by atoms with van der Waals surface area (Å²) in [4.78, 5) is 24.5. The zero-order chi connectivity index (χ0) is 19.8. The fourth-order valence-corrected chi connectivity index (χ4v) is 2.61. The first-order chi connectivity index (χ1) is 13.7. The van der Waals surface area contributed by atoms with Crippen LogP contribution in [0.4, 0.5) is 4.39 Å². The van der Waals surface area contributed by atoms with Crippen LogP contribution in [0.15, 0.2) is 45.8 Å². The maximum absolute atomic E-state index is 13.5. The molecule has 3 N–H and O–H groups in total. The quantitative estimate of drug-likeness (QED) is 0.565. The molecule has 0 aliphatic carbocycles. The van der Waals surface area contributed by atoms with Gasteiger partial charge in [-0.25, -0.2) is 9.37 Å². The van der Waals surface area contributed by atoms with E-state index in [1.165, 1.54) is 24.6 Å². The molecular formula is C19H23FN6O2. The van der Waals surface area contributed by atoms with Gasteiger partial charge in [0.05, 0.1) is 18.8 Å². The minimum atomic E-state index is -0.463. The molecule has 2 aromatic heterocycles. The molecule has 0 atom stereocenters. The molecule has 0 bridgehead atoms. The highest BCUT2D eigenvalue weighted by atomic mass is 19.1. The van der Waals surface area contributed by atoms with E-state index in [-0.39, 0.29) is 17.9 Å². The Kier molecular flexibility index (Phi) is 6.85. The predicted octanol–water partition coefficient (Wildman–Crippen LogP) is 1.57. The van der Waals surface area contributed by atoms with E-state index in [2.05, 4.69) is 30.9 Å². The molecule has 2 aromatic rings. The molecule has 148 valence electrons. The van der Waals surface area contributed by atoms with Crippen molar-refractivity contribution in [1.82, 2.24) is 25.9 Å². The number of allylic oxidation sites excluding steroid dienone is 1. The van der Waals surface area contributed by atoms with E-state index in [1.807, 2.05) is 13.0 Å². The van der Waals surface area contributed by atoms with Gasteiger partial charge in [-0.05, 0) is 19.1 Å². The van der Waals surface area contributed by atoms with Crippen LogP contribution in [0, 0.1) is 5.82 Å². The van der Waals surface area contributed by atoms with Crippen molar-refractivity contribution in [2.75, 3.05) is 19.6 Å². The number of amidine groups is 1. The summed E-state index contributed by atoms with van der Waals surface area (Å²) in [6.07, 6.45) is 6.17. The molecule has 0 aromatic carbocycles. The van der Waals surface area contributed by atoms with Crippen molar-refractivity contribution in [3.8, 4) is 0 Å². The fraction of sp³-hybridized carbons (Fsp3) is 0.368. The van der Waals surface area contributed by atoms with E-state index >= 15 is 0 Å². The Labute approximate surface area is 162 Å². The number of rotatable bonds is 9. The van der Waals surface area contributed by atoms with Crippen LogP contribution in [-0.4, -0.2) is 41.3 Å². The Morgan fingerprint density at radius 3 is 3.04 bits per heavy atom. The minimum Gasteiger partial charge on any atom is -0.448 e. The zero-order valence-corrected chi connectivity index (χ0v) is 15.7. The molecule has 28 heavy (non-hydrogen) atoms. The Morgan fingerprint density at radius 2 is 2.25 bits per heavy atom. The maximum Gasteiger partial charge on any atom is 0.273 e. The molecule has 0 spiro atoms. The number of nitrogens with zero attached hydrogens (tertiary/aromatic N) is 3. The molecule has 0 fully saturated rings. The molecule has 1 amide bonds. The second-order valence-electron chi connectivity index (χ2n) is 6.19. The van der Waals surface area contributed by atoms with Gasteiger partial charge in [0.15, 0.2) is 11.6 Å². The van der Waals surface area contributed by atoms with Crippen LogP contribution in [0.5, 0.6) is 0 Å². The van der Waals surface area contributed by atoms with Gasteiger partial charge >= 0.3 is 0 Å². The van der Waals surface area contributed by atoms with Gasteiger partial charge in [-0.3, -0.25) is 14.8 Å². The topological polar surface area (TPSA) is 104 Å². The van der Waals surface area contributed by atoms with Crippen molar-refractivity contribution in [2.45, 2.75) is 26.3 Å². The van der Waals surface area contributed by atoms with E-state index in [1.54, 1.807) is 0 Å². The van der Waals surface area contributed by atoms with Crippen LogP contribution in [0.1, 0.15) is 35.4 Å². The lowest BCUT2D eigenvalue weighted by atomic mass is 10.3. The van der Waals surface area contributed by atoms with E-state index < -0.39 is 11.7 Å². The molecule has 0 saturated heterocycles. The zero-order valence-electron chi connectivity index (χ0n) is 15.7. The molecule has 0 radical (unpaired) electrons. The lowest BCUT2D eigenvalue weighted by Gasteiger charge is -2.04. The SMILES string of the molecule is C/C=C1\CN=C(CCNCCc2nc(C(=O)NCc3ncccc3F)co2)N1. The molecule has 3 rings (SSSR count). The molecular weight excluding hydrogens is 363 g/mol. The highest BCUT2D eigenvalue weighted by Crippen LogP contribution is 2.05. The van der Waals surface area contributed by atoms with Crippen molar-refractivity contribution in [1.29, 1.82) is 0 Å². The van der Waals surface area contributed by atoms with Crippen molar-refractivity contribution < 1.29 is 13.6 Å². The number of pyridine rings is 1. The second-order valence-corrected chi connectivity index (χ2v) is 6.19. The van der Waals surface area contributed by atoms with Crippen LogP contribution in [0.2, 0.25) is 0 Å². The molecule has 1 aliphatic rings. The van der Waals surface area contributed by atoms with Crippen molar-refractivity contribution >= 4 is 11.7 Å². The van der Waals surface area contributed by atoms with E-state index in [4.69, 9.17) is 4.42 Å². The number of aromatic nitrogens is 2. The van der Waals surface area contributed by atoms with Gasteiger partial charge in [0.1, 0.15) is 17.9 Å². The largest absolute Gasteiger partial charge is 0.448 e. The third kappa shape index (κ3) is 5.46. The molecule has 1 aliphatic heterocycles. The number of hydrogen-bond donors (Lipinski definition) is 3. The molecule has 9 heteroatoms. The summed E-state index contributed by atoms with van der Waals surface area (Å²) in [5.41, 5.74) is 1.47. The van der Waals surface area contributed by atoms with Crippen molar-refractivity contribution in [3.05, 3.63) is 59.5 Å². The standard InChI is InChI=1S/C19H23FN6O2/c1-2-13-10-23-17(25-13)5-8-21-9-6-18-26-16(12-28-18)19(27)24-11-15-14(20)4-3-7-22-15/h2-4,7,12,21H,5-6,8-11H2,1H3,(H,23,25)(H,24,27)/b13-2+. The van der Waals surface area contributed by atoms with Crippen LogP contribution < -0.4 is 16.0 Å². The highest BCUT2D eigenvalue weighted by Gasteiger charge is 2.13. The summed E-state index contributed by atoms with van der Waals surface area (Å²) in [5, 5.41) is 9.14. The molecule has 3 heterocycles. The monoisotopic (exact) mass is 386 g/mol. The molecule has 0 unspecified atom stereocenters. The first-order valence-corrected chi connectivity index (χ1v) is 9.14. The van der Waals surface area contributed by atoms with Gasteiger partial charge in [0, 0.05) is 37.8 Å². The average Bonchev–Trinajstić information content (AvgIpc) is 3.36. The smallest absolute Gasteiger partial charge is 0.273 e. The summed E-state index contributed by atoms with van der Waals surface area (Å²) in [6, 6.07) is 2.79.